The van der Waals surface area contributed by atoms with Gasteiger partial charge in [-0.25, -0.2) is 0 Å². The second kappa shape index (κ2) is 12.6. The molecule has 0 atom stereocenters. The summed E-state index contributed by atoms with van der Waals surface area (Å²) >= 11 is 0. The molecule has 0 unspecified atom stereocenters. The largest absolute Gasteiger partial charge is 0.492 e. The molecule has 1 heterocycles. The van der Waals surface area contributed by atoms with Gasteiger partial charge in [0.25, 0.3) is 0 Å². The summed E-state index contributed by atoms with van der Waals surface area (Å²) in [6, 6.07) is 24.0. The first-order valence-electron chi connectivity index (χ1n) is 12.4. The smallest absolute Gasteiger partial charge is 0.243 e. The molecule has 0 bridgehead atoms. The Hall–Kier alpha value is -4.23. The Bertz CT molecular complexity index is 1390. The number of nitrogens with one attached hydrogen (secondary N) is 3. The molecule has 4 rings (SSSR count). The van der Waals surface area contributed by atoms with E-state index in [1.165, 1.54) is 11.6 Å². The molecule has 1 amide bonds. The van der Waals surface area contributed by atoms with E-state index >= 15 is 0 Å². The zero-order chi connectivity index (χ0) is 26.0. The molecule has 0 saturated carbocycles. The number of carbonyl (C=O) groups is 1. The summed E-state index contributed by atoms with van der Waals surface area (Å²) < 4.78 is 20.2. The van der Waals surface area contributed by atoms with E-state index in [2.05, 4.69) is 39.9 Å². The van der Waals surface area contributed by atoms with Crippen LogP contribution in [0.1, 0.15) is 30.0 Å². The highest BCUT2D eigenvalue weighted by Crippen LogP contribution is 2.36. The summed E-state index contributed by atoms with van der Waals surface area (Å²) in [7, 11) is 1.60. The fourth-order valence-electron chi connectivity index (χ4n) is 4.21. The monoisotopic (exact) mass is 498 g/mol. The van der Waals surface area contributed by atoms with Crippen molar-refractivity contribution in [3.05, 3.63) is 108 Å². The second-order valence-electron chi connectivity index (χ2n) is 8.44. The third kappa shape index (κ3) is 6.51. The van der Waals surface area contributed by atoms with Crippen LogP contribution < -0.4 is 15.4 Å². The minimum Gasteiger partial charge on any atom is -0.492 e. The molecule has 4 aromatic rings. The van der Waals surface area contributed by atoms with Crippen LogP contribution in [0.5, 0.6) is 5.75 Å². The van der Waals surface area contributed by atoms with Gasteiger partial charge in [0.05, 0.1) is 10.9 Å². The molecule has 190 valence electrons. The summed E-state index contributed by atoms with van der Waals surface area (Å²) in [5.41, 5.74) is 5.97. The van der Waals surface area contributed by atoms with Crippen LogP contribution in [0.15, 0.2) is 84.9 Å². The van der Waals surface area contributed by atoms with Crippen molar-refractivity contribution >= 4 is 28.0 Å². The van der Waals surface area contributed by atoms with E-state index in [0.29, 0.717) is 30.6 Å². The van der Waals surface area contributed by atoms with Gasteiger partial charge in [-0.15, -0.1) is 5.10 Å². The summed E-state index contributed by atoms with van der Waals surface area (Å²) in [6.45, 7) is 3.87. The summed E-state index contributed by atoms with van der Waals surface area (Å²) in [6.07, 6.45) is 4.08. The number of hydrogen-bond acceptors (Lipinski definition) is 4. The fourth-order valence-corrected chi connectivity index (χ4v) is 4.21. The molecular formula is C30H31FN4O2. The van der Waals surface area contributed by atoms with E-state index in [1.54, 1.807) is 13.1 Å². The van der Waals surface area contributed by atoms with Crippen molar-refractivity contribution in [3.8, 4) is 5.75 Å². The summed E-state index contributed by atoms with van der Waals surface area (Å²) in [4.78, 5) is 11.2. The van der Waals surface area contributed by atoms with Gasteiger partial charge < -0.3 is 15.4 Å². The van der Waals surface area contributed by atoms with Gasteiger partial charge in [0.2, 0.25) is 11.9 Å². The zero-order valence-electron chi connectivity index (χ0n) is 21.1. The van der Waals surface area contributed by atoms with Crippen LogP contribution in [0.25, 0.3) is 22.0 Å². The molecule has 0 saturated heterocycles. The van der Waals surface area contributed by atoms with Crippen molar-refractivity contribution in [3.63, 3.8) is 0 Å². The van der Waals surface area contributed by atoms with Crippen molar-refractivity contribution in [2.45, 2.75) is 13.3 Å². The number of carbonyl (C=O) groups excluding carboxylic acids is 1. The first-order valence-corrected chi connectivity index (χ1v) is 12.4. The van der Waals surface area contributed by atoms with Crippen LogP contribution in [0.2, 0.25) is 0 Å². The van der Waals surface area contributed by atoms with Gasteiger partial charge in [-0.2, -0.15) is 4.39 Å². The average molecular weight is 499 g/mol. The number of aromatic nitrogens is 2. The second-order valence-corrected chi connectivity index (χ2v) is 8.44. The van der Waals surface area contributed by atoms with Crippen LogP contribution in [0.3, 0.4) is 0 Å². The Morgan fingerprint density at radius 2 is 1.78 bits per heavy atom. The fraction of sp³-hybridized carbons (Fsp3) is 0.200. The molecule has 3 N–H and O–H groups in total. The number of halogens is 1. The molecule has 0 spiro atoms. The Morgan fingerprint density at radius 1 is 1.03 bits per heavy atom. The number of fused-ring (bicyclic) bond motifs is 1. The third-order valence-corrected chi connectivity index (χ3v) is 6.05. The average Bonchev–Trinajstić information content (AvgIpc) is 3.31. The maximum atomic E-state index is 14.3. The first-order chi connectivity index (χ1) is 18.1. The predicted molar refractivity (Wildman–Crippen MR) is 147 cm³/mol. The number of ether oxygens (including phenoxy) is 1. The molecule has 37 heavy (non-hydrogen) atoms. The minimum atomic E-state index is -0.504. The molecule has 0 aliphatic rings. The van der Waals surface area contributed by atoms with Gasteiger partial charge in [0.15, 0.2) is 0 Å². The number of rotatable bonds is 11. The van der Waals surface area contributed by atoms with Crippen LogP contribution in [-0.4, -0.2) is 42.8 Å². The summed E-state index contributed by atoms with van der Waals surface area (Å²) in [5.74, 6) is 0.134. The number of nitrogens with zero attached hydrogens (tertiary/aromatic N) is 1. The van der Waals surface area contributed by atoms with Gasteiger partial charge in [0, 0.05) is 26.2 Å². The Balaban J connectivity index is 1.56. The standard InChI is InChI=1S/C30H31FN4O2/c1-3-25(21-8-5-4-6-9-21)29(23-13-16-27-26(20-23)30(31)35-34-27)22-11-14-24(15-12-22)37-19-18-33-17-7-10-28(36)32-2/h4-16,20,33H,3,17-19H2,1-2H3,(H,32,36)(H,34,35)/b10-7+,29-25+. The number of hydrogen-bond donors (Lipinski definition) is 3. The highest BCUT2D eigenvalue weighted by Gasteiger charge is 2.15. The van der Waals surface area contributed by atoms with Crippen molar-refractivity contribution in [2.75, 3.05) is 26.7 Å². The maximum Gasteiger partial charge on any atom is 0.243 e. The number of H-pyrrole nitrogens is 1. The van der Waals surface area contributed by atoms with Crippen LogP contribution >= 0.6 is 0 Å². The molecule has 0 aliphatic heterocycles. The first kappa shape index (κ1) is 25.9. The molecule has 0 radical (unpaired) electrons. The number of amides is 1. The Kier molecular flexibility index (Phi) is 8.84. The Morgan fingerprint density at radius 3 is 2.51 bits per heavy atom. The lowest BCUT2D eigenvalue weighted by Crippen LogP contribution is -2.21. The lowest BCUT2D eigenvalue weighted by molar-refractivity contribution is -0.116. The van der Waals surface area contributed by atoms with E-state index < -0.39 is 5.95 Å². The SMILES string of the molecule is CC/C(=C(/c1ccc(OCCNC/C=C/C(=O)NC)cc1)c1ccc2[nH]nc(F)c2c1)c1ccccc1. The number of aromatic amines is 1. The van der Waals surface area contributed by atoms with Gasteiger partial charge >= 0.3 is 0 Å². The quantitative estimate of drug-likeness (QED) is 0.148. The third-order valence-electron chi connectivity index (χ3n) is 6.05. The number of benzene rings is 3. The number of likely N-dealkylation sites (N-methyl/N-ethyl adjacent to an activating group) is 1. The van der Waals surface area contributed by atoms with Crippen molar-refractivity contribution < 1.29 is 13.9 Å². The lowest BCUT2D eigenvalue weighted by atomic mass is 9.88. The molecule has 0 fully saturated rings. The van der Waals surface area contributed by atoms with Crippen LogP contribution in [0, 0.1) is 5.95 Å². The van der Waals surface area contributed by atoms with E-state index in [1.807, 2.05) is 60.7 Å². The lowest BCUT2D eigenvalue weighted by Gasteiger charge is -2.17. The normalized spacial score (nSPS) is 12.1. The van der Waals surface area contributed by atoms with Gasteiger partial charge in [-0.1, -0.05) is 61.5 Å². The van der Waals surface area contributed by atoms with Crippen molar-refractivity contribution in [1.82, 2.24) is 20.8 Å². The zero-order valence-corrected chi connectivity index (χ0v) is 21.1. The van der Waals surface area contributed by atoms with E-state index in [9.17, 15) is 9.18 Å². The van der Waals surface area contributed by atoms with Crippen LogP contribution in [0.4, 0.5) is 4.39 Å². The van der Waals surface area contributed by atoms with Gasteiger partial charge in [-0.05, 0) is 58.5 Å². The van der Waals surface area contributed by atoms with Gasteiger partial charge in [0.1, 0.15) is 12.4 Å². The maximum absolute atomic E-state index is 14.3. The van der Waals surface area contributed by atoms with E-state index in [4.69, 9.17) is 4.74 Å². The highest BCUT2D eigenvalue weighted by atomic mass is 19.1. The van der Waals surface area contributed by atoms with Gasteiger partial charge in [-0.3, -0.25) is 9.89 Å². The number of allylic oxidation sites excluding steroid dienone is 1. The highest BCUT2D eigenvalue weighted by molar-refractivity contribution is 6.00. The molecule has 3 aromatic carbocycles. The Labute approximate surface area is 216 Å². The predicted octanol–water partition coefficient (Wildman–Crippen LogP) is 5.34. The van der Waals surface area contributed by atoms with Crippen molar-refractivity contribution in [2.24, 2.45) is 0 Å². The summed E-state index contributed by atoms with van der Waals surface area (Å²) in [5, 5.41) is 12.7. The molecular weight excluding hydrogens is 467 g/mol. The molecule has 7 heteroatoms. The van der Waals surface area contributed by atoms with Crippen molar-refractivity contribution in [1.29, 1.82) is 0 Å². The van der Waals surface area contributed by atoms with E-state index in [-0.39, 0.29) is 5.91 Å². The van der Waals surface area contributed by atoms with Crippen LogP contribution in [-0.2, 0) is 4.79 Å². The molecule has 0 aliphatic carbocycles. The van der Waals surface area contributed by atoms with E-state index in [0.717, 1.165) is 34.4 Å². The minimum absolute atomic E-state index is 0.125. The molecule has 1 aromatic heterocycles. The topological polar surface area (TPSA) is 79.0 Å². The molecule has 6 nitrogen and oxygen atoms in total.